The van der Waals surface area contributed by atoms with Gasteiger partial charge < -0.3 is 24.3 Å². The van der Waals surface area contributed by atoms with Gasteiger partial charge >= 0.3 is 0 Å². The normalized spacial score (nSPS) is 10.3. The molecule has 0 spiro atoms. The Kier molecular flexibility index (Phi) is 8.17. The number of nitrogens with one attached hydrogen (secondary N) is 1. The van der Waals surface area contributed by atoms with Crippen LogP contribution in [0.2, 0.25) is 0 Å². The molecule has 3 aromatic carbocycles. The third kappa shape index (κ3) is 6.67. The summed E-state index contributed by atoms with van der Waals surface area (Å²) in [5, 5.41) is 2.89. The number of carbonyl (C=O) groups is 1. The van der Waals surface area contributed by atoms with Gasteiger partial charge in [0.2, 0.25) is 0 Å². The number of para-hydroxylation sites is 1. The van der Waals surface area contributed by atoms with Gasteiger partial charge in [0.15, 0.2) is 0 Å². The fraction of sp³-hybridized carbons (Fsp3) is 0.240. The number of rotatable bonds is 11. The number of ether oxygens (including phenoxy) is 4. The van der Waals surface area contributed by atoms with Crippen LogP contribution in [0.1, 0.15) is 24.2 Å². The van der Waals surface area contributed by atoms with Gasteiger partial charge in [-0.2, -0.15) is 0 Å². The lowest BCUT2D eigenvalue weighted by molar-refractivity contribution is 0.102. The molecule has 0 radical (unpaired) electrons. The maximum atomic E-state index is 12.8. The van der Waals surface area contributed by atoms with Crippen molar-refractivity contribution in [1.82, 2.24) is 0 Å². The van der Waals surface area contributed by atoms with E-state index in [-0.39, 0.29) is 5.91 Å². The van der Waals surface area contributed by atoms with Crippen molar-refractivity contribution in [2.24, 2.45) is 0 Å². The van der Waals surface area contributed by atoms with Gasteiger partial charge in [-0.1, -0.05) is 24.3 Å². The molecule has 0 saturated carbocycles. The predicted molar refractivity (Wildman–Crippen MR) is 121 cm³/mol. The van der Waals surface area contributed by atoms with E-state index in [9.17, 15) is 4.79 Å². The van der Waals surface area contributed by atoms with Crippen molar-refractivity contribution in [2.75, 3.05) is 31.7 Å². The molecule has 0 saturated heterocycles. The van der Waals surface area contributed by atoms with Gasteiger partial charge in [-0.25, -0.2) is 0 Å². The zero-order chi connectivity index (χ0) is 21.9. The molecule has 6 nitrogen and oxygen atoms in total. The minimum absolute atomic E-state index is 0.268. The molecule has 0 fully saturated rings. The fourth-order valence-corrected chi connectivity index (χ4v) is 2.92. The van der Waals surface area contributed by atoms with E-state index in [1.165, 1.54) is 0 Å². The molecule has 0 atom stereocenters. The Morgan fingerprint density at radius 3 is 2.13 bits per heavy atom. The molecule has 31 heavy (non-hydrogen) atoms. The molecule has 0 bridgehead atoms. The van der Waals surface area contributed by atoms with Crippen LogP contribution in [-0.4, -0.2) is 32.3 Å². The van der Waals surface area contributed by atoms with Crippen LogP contribution in [0, 0.1) is 0 Å². The van der Waals surface area contributed by atoms with Crippen LogP contribution in [0.4, 0.5) is 5.69 Å². The van der Waals surface area contributed by atoms with Gasteiger partial charge in [-0.15, -0.1) is 0 Å². The lowest BCUT2D eigenvalue weighted by Gasteiger charge is -2.13. The highest BCUT2D eigenvalue weighted by Gasteiger charge is 2.14. The third-order valence-electron chi connectivity index (χ3n) is 4.26. The first-order valence-electron chi connectivity index (χ1n) is 10.3. The quantitative estimate of drug-likeness (QED) is 0.432. The van der Waals surface area contributed by atoms with Gasteiger partial charge in [0.1, 0.15) is 36.2 Å². The van der Waals surface area contributed by atoms with E-state index in [4.69, 9.17) is 18.9 Å². The van der Waals surface area contributed by atoms with Gasteiger partial charge in [0.05, 0.1) is 18.8 Å². The Morgan fingerprint density at radius 1 is 0.710 bits per heavy atom. The molecule has 0 aliphatic rings. The zero-order valence-corrected chi connectivity index (χ0v) is 17.8. The second-order valence-electron chi connectivity index (χ2n) is 6.52. The lowest BCUT2D eigenvalue weighted by Crippen LogP contribution is -2.14. The van der Waals surface area contributed by atoms with Crippen molar-refractivity contribution in [3.05, 3.63) is 78.4 Å². The minimum Gasteiger partial charge on any atom is -0.494 e. The average molecular weight is 421 g/mol. The lowest BCUT2D eigenvalue weighted by atomic mass is 10.1. The summed E-state index contributed by atoms with van der Waals surface area (Å²) in [6, 6.07) is 22.0. The van der Waals surface area contributed by atoms with E-state index < -0.39 is 0 Å². The van der Waals surface area contributed by atoms with E-state index >= 15 is 0 Å². The van der Waals surface area contributed by atoms with E-state index in [1.54, 1.807) is 30.3 Å². The highest BCUT2D eigenvalue weighted by Crippen LogP contribution is 2.27. The maximum Gasteiger partial charge on any atom is 0.259 e. The first-order valence-corrected chi connectivity index (χ1v) is 10.3. The van der Waals surface area contributed by atoms with E-state index in [0.29, 0.717) is 54.9 Å². The summed E-state index contributed by atoms with van der Waals surface area (Å²) in [5.41, 5.74) is 1.07. The molecule has 0 heterocycles. The highest BCUT2D eigenvalue weighted by molar-refractivity contribution is 6.06. The molecule has 162 valence electrons. The fourth-order valence-electron chi connectivity index (χ4n) is 2.92. The first-order chi connectivity index (χ1) is 15.2. The molecule has 0 aliphatic heterocycles. The minimum atomic E-state index is -0.268. The van der Waals surface area contributed by atoms with E-state index in [1.807, 2.05) is 56.3 Å². The summed E-state index contributed by atoms with van der Waals surface area (Å²) in [6.45, 7) is 5.58. The molecule has 1 N–H and O–H groups in total. The average Bonchev–Trinajstić information content (AvgIpc) is 2.78. The molecule has 0 unspecified atom stereocenters. The Hall–Kier alpha value is -3.67. The van der Waals surface area contributed by atoms with Crippen molar-refractivity contribution in [1.29, 1.82) is 0 Å². The van der Waals surface area contributed by atoms with Crippen molar-refractivity contribution in [3.8, 4) is 23.0 Å². The van der Waals surface area contributed by atoms with Gasteiger partial charge in [0.25, 0.3) is 5.91 Å². The van der Waals surface area contributed by atoms with Crippen LogP contribution in [0.3, 0.4) is 0 Å². The topological polar surface area (TPSA) is 66.0 Å². The van der Waals surface area contributed by atoms with Gasteiger partial charge in [-0.3, -0.25) is 4.79 Å². The van der Waals surface area contributed by atoms with Crippen molar-refractivity contribution < 1.29 is 23.7 Å². The first kappa shape index (κ1) is 22.0. The molecular weight excluding hydrogens is 394 g/mol. The second-order valence-corrected chi connectivity index (χ2v) is 6.52. The number of hydrogen-bond acceptors (Lipinski definition) is 5. The molecule has 1 amide bonds. The highest BCUT2D eigenvalue weighted by atomic mass is 16.5. The van der Waals surface area contributed by atoms with Crippen LogP contribution in [-0.2, 0) is 0 Å². The summed E-state index contributed by atoms with van der Waals surface area (Å²) >= 11 is 0. The summed E-state index contributed by atoms with van der Waals surface area (Å²) in [6.07, 6.45) is 0. The van der Waals surface area contributed by atoms with Crippen LogP contribution in [0.25, 0.3) is 0 Å². The Labute approximate surface area is 182 Å². The van der Waals surface area contributed by atoms with Crippen LogP contribution in [0.5, 0.6) is 23.0 Å². The molecule has 6 heteroatoms. The van der Waals surface area contributed by atoms with Gasteiger partial charge in [-0.05, 0) is 50.2 Å². The van der Waals surface area contributed by atoms with E-state index in [0.717, 1.165) is 5.75 Å². The SMILES string of the molecule is CCOc1ccc(C(=O)Nc2cccc(OCCOc3ccccc3)c2)c(OCC)c1. The van der Waals surface area contributed by atoms with Crippen molar-refractivity contribution in [2.45, 2.75) is 13.8 Å². The smallest absolute Gasteiger partial charge is 0.259 e. The van der Waals surface area contributed by atoms with Gasteiger partial charge in [0, 0.05) is 17.8 Å². The largest absolute Gasteiger partial charge is 0.494 e. The van der Waals surface area contributed by atoms with Crippen LogP contribution >= 0.6 is 0 Å². The number of anilines is 1. The maximum absolute atomic E-state index is 12.8. The Morgan fingerprint density at radius 2 is 1.39 bits per heavy atom. The second kappa shape index (κ2) is 11.5. The van der Waals surface area contributed by atoms with Crippen molar-refractivity contribution in [3.63, 3.8) is 0 Å². The van der Waals surface area contributed by atoms with E-state index in [2.05, 4.69) is 5.32 Å². The number of carbonyl (C=O) groups excluding carboxylic acids is 1. The van der Waals surface area contributed by atoms with Crippen LogP contribution < -0.4 is 24.3 Å². The standard InChI is InChI=1S/C25H27NO5/c1-3-28-22-13-14-23(24(18-22)29-4-2)25(27)26-19-9-8-12-21(17-19)31-16-15-30-20-10-6-5-7-11-20/h5-14,17-18H,3-4,15-16H2,1-2H3,(H,26,27). The molecule has 0 aromatic heterocycles. The summed E-state index contributed by atoms with van der Waals surface area (Å²) in [5.74, 6) is 2.32. The Balaban J connectivity index is 1.59. The number of benzene rings is 3. The number of amides is 1. The molecular formula is C25H27NO5. The predicted octanol–water partition coefficient (Wildman–Crippen LogP) is 5.19. The molecule has 0 aliphatic carbocycles. The monoisotopic (exact) mass is 421 g/mol. The molecule has 3 rings (SSSR count). The zero-order valence-electron chi connectivity index (χ0n) is 17.8. The van der Waals surface area contributed by atoms with Crippen LogP contribution in [0.15, 0.2) is 72.8 Å². The summed E-state index contributed by atoms with van der Waals surface area (Å²) in [7, 11) is 0. The molecule has 3 aromatic rings. The third-order valence-corrected chi connectivity index (χ3v) is 4.26. The number of hydrogen-bond donors (Lipinski definition) is 1. The summed E-state index contributed by atoms with van der Waals surface area (Å²) < 4.78 is 22.5. The van der Waals surface area contributed by atoms with Crippen molar-refractivity contribution >= 4 is 11.6 Å². The summed E-state index contributed by atoms with van der Waals surface area (Å²) in [4.78, 5) is 12.8. The Bertz CT molecular complexity index is 975.